The van der Waals surface area contributed by atoms with Crippen molar-refractivity contribution in [3.05, 3.63) is 35.5 Å². The summed E-state index contributed by atoms with van der Waals surface area (Å²) in [7, 11) is 0. The molecule has 1 heteroatoms. The summed E-state index contributed by atoms with van der Waals surface area (Å²) < 4.78 is 0. The number of carbonyl (C=O) groups excluding carboxylic acids is 1. The summed E-state index contributed by atoms with van der Waals surface area (Å²) in [6.45, 7) is 4.34. The molecule has 0 spiro atoms. The lowest BCUT2D eigenvalue weighted by atomic mass is 9.81. The molecule has 0 heterocycles. The summed E-state index contributed by atoms with van der Waals surface area (Å²) in [6.07, 6.45) is 13.9. The first kappa shape index (κ1) is 12.3. The summed E-state index contributed by atoms with van der Waals surface area (Å²) in [5.74, 6) is 1.60. The fraction of sp³-hybridized carbons (Fsp3) is 0.562. The van der Waals surface area contributed by atoms with Crippen LogP contribution in [0.2, 0.25) is 0 Å². The summed E-state index contributed by atoms with van der Waals surface area (Å²) in [5, 5.41) is 0. The number of carbonyl (C=O) groups is 1. The van der Waals surface area contributed by atoms with Gasteiger partial charge in [-0.1, -0.05) is 32.1 Å². The molecular weight excluding hydrogens is 208 g/mol. The van der Waals surface area contributed by atoms with Gasteiger partial charge in [0.1, 0.15) is 0 Å². The van der Waals surface area contributed by atoms with Crippen LogP contribution in [-0.2, 0) is 4.79 Å². The maximum atomic E-state index is 12.0. The van der Waals surface area contributed by atoms with Gasteiger partial charge in [0.15, 0.2) is 5.78 Å². The van der Waals surface area contributed by atoms with Gasteiger partial charge in [-0.15, -0.1) is 0 Å². The van der Waals surface area contributed by atoms with E-state index in [1.807, 2.05) is 0 Å². The summed E-state index contributed by atoms with van der Waals surface area (Å²) in [5.41, 5.74) is 2.31. The molecule has 17 heavy (non-hydrogen) atoms. The average molecular weight is 230 g/mol. The maximum absolute atomic E-state index is 12.0. The second-order valence-corrected chi connectivity index (χ2v) is 5.57. The Hall–Kier alpha value is -1.11. The van der Waals surface area contributed by atoms with Gasteiger partial charge in [-0.05, 0) is 49.2 Å². The van der Waals surface area contributed by atoms with Crippen LogP contribution < -0.4 is 0 Å². The number of ketones is 1. The number of Topliss-reactive ketones (excluding diaryl/α,β-unsaturated/α-hetero) is 1. The van der Waals surface area contributed by atoms with Crippen LogP contribution in [0.3, 0.4) is 0 Å². The minimum Gasteiger partial charge on any atom is -0.294 e. The molecule has 0 saturated carbocycles. The van der Waals surface area contributed by atoms with E-state index < -0.39 is 0 Å². The molecule has 0 saturated heterocycles. The van der Waals surface area contributed by atoms with Gasteiger partial charge in [0.2, 0.25) is 0 Å². The predicted octanol–water partition coefficient (Wildman–Crippen LogP) is 4.21. The Labute approximate surface area is 104 Å². The van der Waals surface area contributed by atoms with Crippen LogP contribution in [0.5, 0.6) is 0 Å². The van der Waals surface area contributed by atoms with Gasteiger partial charge < -0.3 is 0 Å². The first-order valence-electron chi connectivity index (χ1n) is 6.78. The largest absolute Gasteiger partial charge is 0.294 e. The van der Waals surface area contributed by atoms with E-state index in [1.54, 1.807) is 0 Å². The molecule has 0 fully saturated rings. The van der Waals surface area contributed by atoms with Crippen molar-refractivity contribution in [2.24, 2.45) is 11.8 Å². The van der Waals surface area contributed by atoms with E-state index >= 15 is 0 Å². The Morgan fingerprint density at radius 1 is 1.47 bits per heavy atom. The second-order valence-electron chi connectivity index (χ2n) is 5.57. The molecule has 1 nitrogen and oxygen atoms in total. The van der Waals surface area contributed by atoms with E-state index in [-0.39, 0.29) is 0 Å². The van der Waals surface area contributed by atoms with Crippen molar-refractivity contribution in [1.29, 1.82) is 0 Å². The molecule has 0 aromatic carbocycles. The second kappa shape index (κ2) is 5.48. The molecule has 0 aliphatic heterocycles. The number of fused-ring (bicyclic) bond motifs is 1. The highest BCUT2D eigenvalue weighted by Gasteiger charge is 2.20. The predicted molar refractivity (Wildman–Crippen MR) is 71.7 cm³/mol. The zero-order valence-electron chi connectivity index (χ0n) is 10.9. The van der Waals surface area contributed by atoms with Crippen LogP contribution >= 0.6 is 0 Å². The summed E-state index contributed by atoms with van der Waals surface area (Å²) in [4.78, 5) is 12.0. The van der Waals surface area contributed by atoms with Crippen LogP contribution in [0.15, 0.2) is 35.5 Å². The van der Waals surface area contributed by atoms with E-state index in [1.165, 1.54) is 18.4 Å². The van der Waals surface area contributed by atoms with E-state index in [4.69, 9.17) is 0 Å². The maximum Gasteiger partial charge on any atom is 0.162 e. The standard InChI is InChI=1S/C16H22O/c1-12(2)7-10-16(17)15-9-8-13-5-3-4-6-14(13)11-15/h4,6,9,11-13H,3,5,7-8,10H2,1-2H3. The zero-order valence-corrected chi connectivity index (χ0v) is 10.9. The van der Waals surface area contributed by atoms with Gasteiger partial charge in [0, 0.05) is 12.0 Å². The smallest absolute Gasteiger partial charge is 0.162 e. The Morgan fingerprint density at radius 3 is 3.06 bits per heavy atom. The van der Waals surface area contributed by atoms with Crippen LogP contribution in [0.4, 0.5) is 0 Å². The fourth-order valence-electron chi connectivity index (χ4n) is 2.51. The Morgan fingerprint density at radius 2 is 2.29 bits per heavy atom. The first-order valence-corrected chi connectivity index (χ1v) is 6.78. The molecule has 0 aromatic heterocycles. The molecule has 0 radical (unpaired) electrons. The summed E-state index contributed by atoms with van der Waals surface area (Å²) >= 11 is 0. The number of hydrogen-bond acceptors (Lipinski definition) is 1. The van der Waals surface area contributed by atoms with Crippen LogP contribution in [0, 0.1) is 11.8 Å². The Balaban J connectivity index is 2.01. The monoisotopic (exact) mass is 230 g/mol. The lowest BCUT2D eigenvalue weighted by Gasteiger charge is -2.24. The quantitative estimate of drug-likeness (QED) is 0.707. The van der Waals surface area contributed by atoms with Crippen molar-refractivity contribution < 1.29 is 4.79 Å². The van der Waals surface area contributed by atoms with Crippen molar-refractivity contribution in [1.82, 2.24) is 0 Å². The van der Waals surface area contributed by atoms with Gasteiger partial charge >= 0.3 is 0 Å². The van der Waals surface area contributed by atoms with Crippen LogP contribution in [-0.4, -0.2) is 5.78 Å². The zero-order chi connectivity index (χ0) is 12.3. The van der Waals surface area contributed by atoms with Crippen molar-refractivity contribution in [3.63, 3.8) is 0 Å². The Kier molecular flexibility index (Phi) is 3.98. The van der Waals surface area contributed by atoms with Crippen molar-refractivity contribution in [2.45, 2.75) is 46.0 Å². The molecule has 2 aliphatic rings. The van der Waals surface area contributed by atoms with Gasteiger partial charge in [-0.25, -0.2) is 0 Å². The highest BCUT2D eigenvalue weighted by Crippen LogP contribution is 2.32. The number of hydrogen-bond donors (Lipinski definition) is 0. The molecule has 0 aromatic rings. The van der Waals surface area contributed by atoms with Crippen LogP contribution in [0.25, 0.3) is 0 Å². The van der Waals surface area contributed by atoms with Crippen molar-refractivity contribution in [3.8, 4) is 0 Å². The average Bonchev–Trinajstić information content (AvgIpc) is 2.35. The number of allylic oxidation sites excluding steroid dienone is 6. The third kappa shape index (κ3) is 3.18. The van der Waals surface area contributed by atoms with Gasteiger partial charge in [0.25, 0.3) is 0 Å². The highest BCUT2D eigenvalue weighted by atomic mass is 16.1. The van der Waals surface area contributed by atoms with E-state index in [9.17, 15) is 4.79 Å². The third-order valence-corrected chi connectivity index (χ3v) is 3.68. The van der Waals surface area contributed by atoms with Gasteiger partial charge in [0.05, 0.1) is 0 Å². The van der Waals surface area contributed by atoms with Gasteiger partial charge in [-0.2, -0.15) is 0 Å². The minimum absolute atomic E-state index is 0.323. The first-order chi connectivity index (χ1) is 8.16. The number of rotatable bonds is 4. The summed E-state index contributed by atoms with van der Waals surface area (Å²) in [6, 6.07) is 0. The lowest BCUT2D eigenvalue weighted by Crippen LogP contribution is -2.13. The van der Waals surface area contributed by atoms with E-state index in [0.717, 1.165) is 18.4 Å². The Bertz CT molecular complexity index is 382. The van der Waals surface area contributed by atoms with Crippen LogP contribution in [0.1, 0.15) is 46.0 Å². The molecule has 1 atom stereocenters. The molecule has 1 unspecified atom stereocenters. The molecule has 92 valence electrons. The fourth-order valence-corrected chi connectivity index (χ4v) is 2.51. The molecule has 0 amide bonds. The van der Waals surface area contributed by atoms with E-state index in [2.05, 4.69) is 38.2 Å². The molecule has 0 N–H and O–H groups in total. The SMILES string of the molecule is CC(C)CCC(=O)C1=CCC2CCC=CC2=C1. The van der Waals surface area contributed by atoms with Crippen molar-refractivity contribution >= 4 is 5.78 Å². The minimum atomic E-state index is 0.323. The topological polar surface area (TPSA) is 17.1 Å². The van der Waals surface area contributed by atoms with Crippen molar-refractivity contribution in [2.75, 3.05) is 0 Å². The molecule has 2 rings (SSSR count). The normalized spacial score (nSPS) is 23.1. The van der Waals surface area contributed by atoms with Gasteiger partial charge in [-0.3, -0.25) is 4.79 Å². The third-order valence-electron chi connectivity index (χ3n) is 3.68. The van der Waals surface area contributed by atoms with E-state index in [0.29, 0.717) is 24.0 Å². The lowest BCUT2D eigenvalue weighted by molar-refractivity contribution is -0.115. The molecule has 0 bridgehead atoms. The highest BCUT2D eigenvalue weighted by molar-refractivity contribution is 5.98. The molecule has 2 aliphatic carbocycles. The molecular formula is C16H22O.